The molecule has 20 heavy (non-hydrogen) atoms. The predicted octanol–water partition coefficient (Wildman–Crippen LogP) is 2.97. The van der Waals surface area contributed by atoms with Gasteiger partial charge in [0.25, 0.3) is 0 Å². The van der Waals surface area contributed by atoms with Gasteiger partial charge in [-0.15, -0.1) is 0 Å². The lowest BCUT2D eigenvalue weighted by Gasteiger charge is -2.07. The number of aryl methyl sites for hydroxylation is 1. The first-order valence-corrected chi connectivity index (χ1v) is 6.45. The minimum Gasteiger partial charge on any atom is -0.481 e. The number of aliphatic carboxylic acids is 1. The van der Waals surface area contributed by atoms with Crippen LogP contribution >= 0.6 is 11.6 Å². The van der Waals surface area contributed by atoms with E-state index in [1.165, 1.54) is 6.07 Å². The highest BCUT2D eigenvalue weighted by Gasteiger charge is 2.16. The van der Waals surface area contributed by atoms with E-state index in [0.717, 1.165) is 5.69 Å². The van der Waals surface area contributed by atoms with Crippen LogP contribution in [0.5, 0.6) is 0 Å². The van der Waals surface area contributed by atoms with Gasteiger partial charge in [-0.05, 0) is 19.9 Å². The van der Waals surface area contributed by atoms with Crippen molar-refractivity contribution in [3.8, 4) is 0 Å². The number of hydrogen-bond donors (Lipinski definition) is 1. The zero-order valence-electron chi connectivity index (χ0n) is 11.2. The summed E-state index contributed by atoms with van der Waals surface area (Å²) in [5, 5.41) is 13.2. The number of rotatable bonds is 4. The Bertz CT molecular complexity index is 667. The molecule has 6 heteroatoms. The summed E-state index contributed by atoms with van der Waals surface area (Å²) in [4.78, 5) is 10.8. The first-order valence-electron chi connectivity index (χ1n) is 6.07. The van der Waals surface area contributed by atoms with Gasteiger partial charge >= 0.3 is 5.97 Å². The molecule has 0 spiro atoms. The third-order valence-corrected chi connectivity index (χ3v) is 3.50. The Morgan fingerprint density at radius 3 is 2.80 bits per heavy atom. The first-order chi connectivity index (χ1) is 9.40. The van der Waals surface area contributed by atoms with Crippen LogP contribution in [0.25, 0.3) is 0 Å². The van der Waals surface area contributed by atoms with Crippen molar-refractivity contribution in [3.63, 3.8) is 0 Å². The van der Waals surface area contributed by atoms with Gasteiger partial charge in [-0.3, -0.25) is 9.48 Å². The van der Waals surface area contributed by atoms with Gasteiger partial charge in [0.05, 0.1) is 23.7 Å². The van der Waals surface area contributed by atoms with Crippen LogP contribution < -0.4 is 0 Å². The van der Waals surface area contributed by atoms with Crippen molar-refractivity contribution in [2.45, 2.75) is 26.8 Å². The van der Waals surface area contributed by atoms with Crippen molar-refractivity contribution >= 4 is 17.6 Å². The first kappa shape index (κ1) is 14.5. The lowest BCUT2D eigenvalue weighted by molar-refractivity contribution is -0.136. The Kier molecular flexibility index (Phi) is 4.09. The lowest BCUT2D eigenvalue weighted by atomic mass is 10.1. The molecule has 2 aromatic rings. The van der Waals surface area contributed by atoms with Crippen LogP contribution in [-0.4, -0.2) is 20.9 Å². The molecule has 0 fully saturated rings. The van der Waals surface area contributed by atoms with Gasteiger partial charge in [-0.1, -0.05) is 23.7 Å². The number of carboxylic acids is 1. The zero-order chi connectivity index (χ0) is 14.9. The molecule has 0 saturated carbocycles. The topological polar surface area (TPSA) is 55.1 Å². The van der Waals surface area contributed by atoms with Crippen molar-refractivity contribution < 1.29 is 14.3 Å². The van der Waals surface area contributed by atoms with E-state index in [2.05, 4.69) is 5.10 Å². The van der Waals surface area contributed by atoms with E-state index in [9.17, 15) is 9.18 Å². The smallest absolute Gasteiger partial charge is 0.307 e. The summed E-state index contributed by atoms with van der Waals surface area (Å²) in [7, 11) is 0. The maximum absolute atomic E-state index is 13.9. The molecule has 0 atom stereocenters. The van der Waals surface area contributed by atoms with Crippen LogP contribution in [-0.2, 0) is 17.8 Å². The monoisotopic (exact) mass is 296 g/mol. The van der Waals surface area contributed by atoms with Gasteiger partial charge in [0.1, 0.15) is 5.82 Å². The molecule has 2 rings (SSSR count). The van der Waals surface area contributed by atoms with E-state index >= 15 is 0 Å². The highest BCUT2D eigenvalue weighted by molar-refractivity contribution is 6.30. The maximum Gasteiger partial charge on any atom is 0.307 e. The second-order valence-electron chi connectivity index (χ2n) is 4.59. The van der Waals surface area contributed by atoms with E-state index in [-0.39, 0.29) is 18.0 Å². The SMILES string of the molecule is Cc1nn(Cc2cccc(Cl)c2F)c(C)c1CC(=O)O. The number of nitrogens with zero attached hydrogens (tertiary/aromatic N) is 2. The molecule has 0 aliphatic carbocycles. The summed E-state index contributed by atoms with van der Waals surface area (Å²) < 4.78 is 15.5. The third-order valence-electron chi connectivity index (χ3n) is 3.21. The summed E-state index contributed by atoms with van der Waals surface area (Å²) in [6.45, 7) is 3.75. The van der Waals surface area contributed by atoms with Gasteiger partial charge in [0.15, 0.2) is 0 Å². The van der Waals surface area contributed by atoms with E-state index < -0.39 is 11.8 Å². The van der Waals surface area contributed by atoms with Gasteiger partial charge < -0.3 is 5.11 Å². The molecular weight excluding hydrogens is 283 g/mol. The minimum absolute atomic E-state index is 0.0646. The average Bonchev–Trinajstić information content (AvgIpc) is 2.62. The summed E-state index contributed by atoms with van der Waals surface area (Å²) in [5.74, 6) is -1.38. The number of hydrogen-bond acceptors (Lipinski definition) is 2. The molecule has 0 aliphatic rings. The molecule has 0 saturated heterocycles. The van der Waals surface area contributed by atoms with E-state index in [4.69, 9.17) is 16.7 Å². The largest absolute Gasteiger partial charge is 0.481 e. The van der Waals surface area contributed by atoms with Crippen LogP contribution in [0.3, 0.4) is 0 Å². The Hall–Kier alpha value is -1.88. The second-order valence-corrected chi connectivity index (χ2v) is 5.00. The number of benzene rings is 1. The normalized spacial score (nSPS) is 10.8. The van der Waals surface area contributed by atoms with Crippen LogP contribution in [0, 0.1) is 19.7 Å². The fourth-order valence-corrected chi connectivity index (χ4v) is 2.32. The molecule has 0 unspecified atom stereocenters. The fourth-order valence-electron chi connectivity index (χ4n) is 2.13. The molecule has 4 nitrogen and oxygen atoms in total. The maximum atomic E-state index is 13.9. The van der Waals surface area contributed by atoms with E-state index in [1.807, 2.05) is 0 Å². The standard InChI is InChI=1S/C14H14ClFN2O2/c1-8-11(6-13(19)20)9(2)18(17-8)7-10-4-3-5-12(15)14(10)16/h3-5H,6-7H2,1-2H3,(H,19,20). The fraction of sp³-hybridized carbons (Fsp3) is 0.286. The quantitative estimate of drug-likeness (QED) is 0.943. The Morgan fingerprint density at radius 1 is 1.45 bits per heavy atom. The molecule has 0 radical (unpaired) electrons. The molecule has 1 aromatic heterocycles. The zero-order valence-corrected chi connectivity index (χ0v) is 11.9. The summed E-state index contributed by atoms with van der Waals surface area (Å²) in [6.07, 6.45) is -0.0876. The average molecular weight is 297 g/mol. The van der Waals surface area contributed by atoms with Gasteiger partial charge in [0.2, 0.25) is 0 Å². The third kappa shape index (κ3) is 2.82. The number of carbonyl (C=O) groups is 1. The van der Waals surface area contributed by atoms with Crippen molar-refractivity contribution in [3.05, 3.63) is 51.6 Å². The summed E-state index contributed by atoms with van der Waals surface area (Å²) in [6, 6.07) is 4.79. The van der Waals surface area contributed by atoms with Gasteiger partial charge in [0, 0.05) is 16.8 Å². The number of aromatic nitrogens is 2. The summed E-state index contributed by atoms with van der Waals surface area (Å²) in [5.41, 5.74) is 2.46. The highest BCUT2D eigenvalue weighted by Crippen LogP contribution is 2.20. The van der Waals surface area contributed by atoms with Crippen LogP contribution in [0.2, 0.25) is 5.02 Å². The lowest BCUT2D eigenvalue weighted by Crippen LogP contribution is -2.07. The van der Waals surface area contributed by atoms with Gasteiger partial charge in [-0.25, -0.2) is 4.39 Å². The molecule has 1 heterocycles. The molecule has 0 aliphatic heterocycles. The Balaban J connectivity index is 2.35. The van der Waals surface area contributed by atoms with Crippen LogP contribution in [0.1, 0.15) is 22.5 Å². The molecule has 0 bridgehead atoms. The van der Waals surface area contributed by atoms with Crippen LogP contribution in [0.15, 0.2) is 18.2 Å². The molecule has 0 amide bonds. The van der Waals surface area contributed by atoms with E-state index in [1.54, 1.807) is 30.7 Å². The Labute approximate surface area is 120 Å². The van der Waals surface area contributed by atoms with Crippen molar-refractivity contribution in [1.29, 1.82) is 0 Å². The minimum atomic E-state index is -0.912. The number of carboxylic acid groups (broad SMARTS) is 1. The predicted molar refractivity (Wildman–Crippen MR) is 73.6 cm³/mol. The molecular formula is C14H14ClFN2O2. The van der Waals surface area contributed by atoms with Crippen molar-refractivity contribution in [2.24, 2.45) is 0 Å². The number of halogens is 2. The molecule has 1 aromatic carbocycles. The van der Waals surface area contributed by atoms with Gasteiger partial charge in [-0.2, -0.15) is 5.10 Å². The van der Waals surface area contributed by atoms with E-state index in [0.29, 0.717) is 16.8 Å². The van der Waals surface area contributed by atoms with Crippen LogP contribution in [0.4, 0.5) is 4.39 Å². The molecule has 106 valence electrons. The summed E-state index contributed by atoms with van der Waals surface area (Å²) >= 11 is 5.74. The molecule has 1 N–H and O–H groups in total. The van der Waals surface area contributed by atoms with Crippen molar-refractivity contribution in [2.75, 3.05) is 0 Å². The second kappa shape index (κ2) is 5.63. The Morgan fingerprint density at radius 2 is 2.15 bits per heavy atom. The van der Waals surface area contributed by atoms with Crippen molar-refractivity contribution in [1.82, 2.24) is 9.78 Å². The highest BCUT2D eigenvalue weighted by atomic mass is 35.5.